The molecule has 1 amide bonds. The SMILES string of the molecule is COc1cc(C=CC(=O)NC2(C(=O)O)CCCCC2)ccc1OCc1c(F)cccc1F. The van der Waals surface area contributed by atoms with Crippen molar-refractivity contribution in [2.24, 2.45) is 0 Å². The number of rotatable bonds is 8. The number of nitrogens with one attached hydrogen (secondary N) is 1. The molecule has 8 heteroatoms. The second-order valence-electron chi connectivity index (χ2n) is 7.67. The highest BCUT2D eigenvalue weighted by Gasteiger charge is 2.40. The van der Waals surface area contributed by atoms with Crippen LogP contribution in [0.2, 0.25) is 0 Å². The average molecular weight is 445 g/mol. The molecule has 2 N–H and O–H groups in total. The molecule has 0 atom stereocenters. The largest absolute Gasteiger partial charge is 0.493 e. The van der Waals surface area contributed by atoms with Gasteiger partial charge in [0.15, 0.2) is 11.5 Å². The Bertz CT molecular complexity index is 995. The number of aliphatic carboxylic acids is 1. The minimum absolute atomic E-state index is 0.190. The molecule has 0 unspecified atom stereocenters. The minimum Gasteiger partial charge on any atom is -0.493 e. The first-order chi connectivity index (χ1) is 15.3. The molecule has 170 valence electrons. The predicted octanol–water partition coefficient (Wildman–Crippen LogP) is 4.47. The fraction of sp³-hybridized carbons (Fsp3) is 0.333. The van der Waals surface area contributed by atoms with Gasteiger partial charge < -0.3 is 19.9 Å². The van der Waals surface area contributed by atoms with Crippen LogP contribution in [0.1, 0.15) is 43.2 Å². The molecular formula is C24H25F2NO5. The highest BCUT2D eigenvalue weighted by Crippen LogP contribution is 2.30. The van der Waals surface area contributed by atoms with Crippen LogP contribution in [0.4, 0.5) is 8.78 Å². The van der Waals surface area contributed by atoms with Gasteiger partial charge >= 0.3 is 5.97 Å². The van der Waals surface area contributed by atoms with Crippen molar-refractivity contribution >= 4 is 18.0 Å². The molecular weight excluding hydrogens is 420 g/mol. The van der Waals surface area contributed by atoms with Gasteiger partial charge in [0.1, 0.15) is 23.8 Å². The van der Waals surface area contributed by atoms with Crippen LogP contribution in [0.3, 0.4) is 0 Å². The van der Waals surface area contributed by atoms with E-state index in [-0.39, 0.29) is 17.9 Å². The molecule has 0 spiro atoms. The Morgan fingerprint density at radius 1 is 1.09 bits per heavy atom. The van der Waals surface area contributed by atoms with Crippen LogP contribution in [-0.4, -0.2) is 29.6 Å². The minimum atomic E-state index is -1.23. The topological polar surface area (TPSA) is 84.9 Å². The van der Waals surface area contributed by atoms with Gasteiger partial charge in [0.2, 0.25) is 5.91 Å². The van der Waals surface area contributed by atoms with Crippen LogP contribution < -0.4 is 14.8 Å². The predicted molar refractivity (Wildman–Crippen MR) is 114 cm³/mol. The fourth-order valence-corrected chi connectivity index (χ4v) is 3.72. The Labute approximate surface area is 184 Å². The van der Waals surface area contributed by atoms with Gasteiger partial charge in [0, 0.05) is 6.08 Å². The first-order valence-electron chi connectivity index (χ1n) is 10.3. The molecule has 0 saturated heterocycles. The van der Waals surface area contributed by atoms with Crippen LogP contribution in [0, 0.1) is 11.6 Å². The smallest absolute Gasteiger partial charge is 0.329 e. The van der Waals surface area contributed by atoms with E-state index in [2.05, 4.69) is 5.32 Å². The van der Waals surface area contributed by atoms with Crippen molar-refractivity contribution in [3.8, 4) is 11.5 Å². The standard InChI is InChI=1S/C24H25F2NO5/c1-31-21-14-16(8-10-20(21)32-15-17-18(25)6-5-7-19(17)26)9-11-22(28)27-24(23(29)30)12-3-2-4-13-24/h5-11,14H,2-4,12-13,15H2,1H3,(H,27,28)(H,29,30). The van der Waals surface area contributed by atoms with Crippen molar-refractivity contribution in [3.63, 3.8) is 0 Å². The van der Waals surface area contributed by atoms with E-state index in [0.29, 0.717) is 24.2 Å². The molecule has 2 aromatic carbocycles. The zero-order valence-corrected chi connectivity index (χ0v) is 17.7. The lowest BCUT2D eigenvalue weighted by Gasteiger charge is -2.33. The molecule has 1 saturated carbocycles. The van der Waals surface area contributed by atoms with Gasteiger partial charge in [-0.1, -0.05) is 31.4 Å². The van der Waals surface area contributed by atoms with Gasteiger partial charge in [0.05, 0.1) is 12.7 Å². The summed E-state index contributed by atoms with van der Waals surface area (Å²) in [5.41, 5.74) is -0.809. The lowest BCUT2D eigenvalue weighted by atomic mass is 9.81. The molecule has 0 aliphatic heterocycles. The number of halogens is 2. The number of ether oxygens (including phenoxy) is 2. The maximum Gasteiger partial charge on any atom is 0.329 e. The average Bonchev–Trinajstić information content (AvgIpc) is 2.78. The summed E-state index contributed by atoms with van der Waals surface area (Å²) in [5.74, 6) is -2.32. The molecule has 0 radical (unpaired) electrons. The molecule has 0 heterocycles. The Morgan fingerprint density at radius 2 is 1.78 bits per heavy atom. The summed E-state index contributed by atoms with van der Waals surface area (Å²) < 4.78 is 38.4. The third-order valence-electron chi connectivity index (χ3n) is 5.53. The Balaban J connectivity index is 1.68. The molecule has 0 bridgehead atoms. The number of carboxylic acid groups (broad SMARTS) is 1. The number of carbonyl (C=O) groups excluding carboxylic acids is 1. The Morgan fingerprint density at radius 3 is 2.41 bits per heavy atom. The van der Waals surface area contributed by atoms with E-state index < -0.39 is 29.0 Å². The summed E-state index contributed by atoms with van der Waals surface area (Å²) in [6, 6.07) is 8.39. The Hall–Kier alpha value is -3.42. The number of carboxylic acids is 1. The summed E-state index contributed by atoms with van der Waals surface area (Å²) in [5, 5.41) is 12.2. The molecule has 3 rings (SSSR count). The lowest BCUT2D eigenvalue weighted by molar-refractivity contribution is -0.148. The summed E-state index contributed by atoms with van der Waals surface area (Å²) in [7, 11) is 1.42. The van der Waals surface area contributed by atoms with Crippen LogP contribution in [0.25, 0.3) is 6.08 Å². The van der Waals surface area contributed by atoms with E-state index in [0.717, 1.165) is 31.4 Å². The maximum atomic E-state index is 13.8. The highest BCUT2D eigenvalue weighted by molar-refractivity contribution is 5.95. The highest BCUT2D eigenvalue weighted by atomic mass is 19.1. The number of benzene rings is 2. The van der Waals surface area contributed by atoms with Gasteiger partial charge in [-0.3, -0.25) is 4.79 Å². The lowest BCUT2D eigenvalue weighted by Crippen LogP contribution is -2.55. The van der Waals surface area contributed by atoms with Gasteiger partial charge in [-0.25, -0.2) is 13.6 Å². The van der Waals surface area contributed by atoms with Crippen molar-refractivity contribution in [3.05, 3.63) is 65.2 Å². The van der Waals surface area contributed by atoms with Gasteiger partial charge in [0.25, 0.3) is 0 Å². The number of carbonyl (C=O) groups is 2. The number of methoxy groups -OCH3 is 1. The van der Waals surface area contributed by atoms with E-state index in [9.17, 15) is 23.5 Å². The second-order valence-corrected chi connectivity index (χ2v) is 7.67. The third-order valence-corrected chi connectivity index (χ3v) is 5.53. The maximum absolute atomic E-state index is 13.8. The van der Waals surface area contributed by atoms with E-state index in [1.807, 2.05) is 0 Å². The van der Waals surface area contributed by atoms with Crippen molar-refractivity contribution in [2.75, 3.05) is 7.11 Å². The van der Waals surface area contributed by atoms with Crippen LogP contribution in [0.15, 0.2) is 42.5 Å². The third kappa shape index (κ3) is 5.43. The fourth-order valence-electron chi connectivity index (χ4n) is 3.72. The quantitative estimate of drug-likeness (QED) is 0.586. The molecule has 1 aliphatic carbocycles. The molecule has 1 fully saturated rings. The van der Waals surface area contributed by atoms with Crippen LogP contribution >= 0.6 is 0 Å². The number of hydrogen-bond donors (Lipinski definition) is 2. The zero-order chi connectivity index (χ0) is 23.1. The summed E-state index contributed by atoms with van der Waals surface area (Å²) in [4.78, 5) is 24.0. The van der Waals surface area contributed by atoms with Crippen molar-refractivity contribution in [1.82, 2.24) is 5.32 Å². The molecule has 1 aliphatic rings. The van der Waals surface area contributed by atoms with Crippen molar-refractivity contribution < 1.29 is 33.0 Å². The zero-order valence-electron chi connectivity index (χ0n) is 17.7. The van der Waals surface area contributed by atoms with Gasteiger partial charge in [-0.05, 0) is 48.7 Å². The van der Waals surface area contributed by atoms with Crippen LogP contribution in [0.5, 0.6) is 11.5 Å². The molecule has 0 aromatic heterocycles. The first kappa shape index (κ1) is 23.2. The van der Waals surface area contributed by atoms with Gasteiger partial charge in [-0.15, -0.1) is 0 Å². The summed E-state index contributed by atoms with van der Waals surface area (Å²) in [6.45, 7) is -0.316. The number of hydrogen-bond acceptors (Lipinski definition) is 4. The monoisotopic (exact) mass is 445 g/mol. The van der Waals surface area contributed by atoms with Gasteiger partial charge in [-0.2, -0.15) is 0 Å². The van der Waals surface area contributed by atoms with Crippen LogP contribution in [-0.2, 0) is 16.2 Å². The molecule has 2 aromatic rings. The first-order valence-corrected chi connectivity index (χ1v) is 10.3. The van der Waals surface area contributed by atoms with E-state index in [4.69, 9.17) is 9.47 Å². The normalized spacial score (nSPS) is 15.3. The summed E-state index contributed by atoms with van der Waals surface area (Å²) in [6.07, 6.45) is 6.07. The van der Waals surface area contributed by atoms with Crippen molar-refractivity contribution in [2.45, 2.75) is 44.2 Å². The molecule has 6 nitrogen and oxygen atoms in total. The van der Waals surface area contributed by atoms with E-state index in [1.54, 1.807) is 18.2 Å². The Kier molecular flexibility index (Phi) is 7.45. The summed E-state index contributed by atoms with van der Waals surface area (Å²) >= 11 is 0. The van der Waals surface area contributed by atoms with E-state index in [1.165, 1.54) is 25.3 Å². The molecule has 32 heavy (non-hydrogen) atoms. The number of amides is 1. The second kappa shape index (κ2) is 10.3. The van der Waals surface area contributed by atoms with Crippen molar-refractivity contribution in [1.29, 1.82) is 0 Å². The van der Waals surface area contributed by atoms with E-state index >= 15 is 0 Å².